The highest BCUT2D eigenvalue weighted by Crippen LogP contribution is 2.23. The topological polar surface area (TPSA) is 64.6 Å². The summed E-state index contributed by atoms with van der Waals surface area (Å²) in [6.07, 6.45) is 1.07. The zero-order valence-corrected chi connectivity index (χ0v) is 12.3. The van der Waals surface area contributed by atoms with Gasteiger partial charge in [-0.15, -0.1) is 0 Å². The summed E-state index contributed by atoms with van der Waals surface area (Å²) < 4.78 is 23.9. The summed E-state index contributed by atoms with van der Waals surface area (Å²) in [5.74, 6) is -1.25. The Hall–Kier alpha value is -1.59. The van der Waals surface area contributed by atoms with E-state index in [0.717, 1.165) is 0 Å². The molecule has 6 heteroatoms. The Morgan fingerprint density at radius 2 is 2.05 bits per heavy atom. The van der Waals surface area contributed by atoms with Crippen molar-refractivity contribution in [3.05, 3.63) is 12.2 Å². The molecule has 0 spiro atoms. The molecule has 1 amide bonds. The standard InChI is InChI=1S/C14H22FNO4/c1-5-19-12(17)9-7-6-8-10(15)11(9)16-13(18)20-14(2,3)4/h6,8-11H,5,7H2,1-4H3,(H,16,18)/t9-,10-,11+/m0/s1. The maximum atomic E-state index is 13.9. The lowest BCUT2D eigenvalue weighted by Gasteiger charge is -2.31. The largest absolute Gasteiger partial charge is 0.466 e. The van der Waals surface area contributed by atoms with Crippen LogP contribution in [0.1, 0.15) is 34.1 Å². The molecule has 1 N–H and O–H groups in total. The van der Waals surface area contributed by atoms with Crippen molar-refractivity contribution >= 4 is 12.1 Å². The fourth-order valence-corrected chi connectivity index (χ4v) is 1.96. The van der Waals surface area contributed by atoms with Crippen molar-refractivity contribution in [1.82, 2.24) is 5.32 Å². The average Bonchev–Trinajstić information content (AvgIpc) is 2.29. The number of ether oxygens (including phenoxy) is 2. The summed E-state index contributed by atoms with van der Waals surface area (Å²) in [6, 6.07) is -0.964. The minimum Gasteiger partial charge on any atom is -0.466 e. The van der Waals surface area contributed by atoms with Crippen molar-refractivity contribution < 1.29 is 23.5 Å². The highest BCUT2D eigenvalue weighted by Gasteiger charge is 2.38. The summed E-state index contributed by atoms with van der Waals surface area (Å²) >= 11 is 0. The molecule has 0 fully saturated rings. The van der Waals surface area contributed by atoms with Crippen LogP contribution in [0.15, 0.2) is 12.2 Å². The maximum absolute atomic E-state index is 13.9. The number of alkyl halides is 1. The molecule has 1 aliphatic rings. The van der Waals surface area contributed by atoms with E-state index in [1.54, 1.807) is 33.8 Å². The Kier molecular flexibility index (Phi) is 5.53. The first-order valence-corrected chi connectivity index (χ1v) is 6.71. The number of alkyl carbamates (subject to hydrolysis) is 1. The number of carbonyl (C=O) groups is 2. The van der Waals surface area contributed by atoms with Gasteiger partial charge in [0.15, 0.2) is 0 Å². The highest BCUT2D eigenvalue weighted by atomic mass is 19.1. The molecule has 1 rings (SSSR count). The molecule has 0 aliphatic heterocycles. The number of halogens is 1. The van der Waals surface area contributed by atoms with E-state index in [4.69, 9.17) is 9.47 Å². The second-order valence-electron chi connectivity index (χ2n) is 5.64. The summed E-state index contributed by atoms with van der Waals surface area (Å²) in [4.78, 5) is 23.5. The fourth-order valence-electron chi connectivity index (χ4n) is 1.96. The lowest BCUT2D eigenvalue weighted by Crippen LogP contribution is -2.51. The average molecular weight is 287 g/mol. The summed E-state index contributed by atoms with van der Waals surface area (Å²) in [6.45, 7) is 7.03. The van der Waals surface area contributed by atoms with Crippen LogP contribution in [0, 0.1) is 5.92 Å². The summed E-state index contributed by atoms with van der Waals surface area (Å²) in [5.41, 5.74) is -0.681. The van der Waals surface area contributed by atoms with E-state index in [1.165, 1.54) is 6.08 Å². The molecule has 0 unspecified atom stereocenters. The van der Waals surface area contributed by atoms with Gasteiger partial charge in [0.2, 0.25) is 0 Å². The van der Waals surface area contributed by atoms with Crippen LogP contribution in [-0.2, 0) is 14.3 Å². The van der Waals surface area contributed by atoms with Gasteiger partial charge in [0.1, 0.15) is 11.8 Å². The minimum absolute atomic E-state index is 0.217. The predicted molar refractivity (Wildman–Crippen MR) is 71.9 cm³/mol. The van der Waals surface area contributed by atoms with Crippen molar-refractivity contribution in [2.24, 2.45) is 5.92 Å². The predicted octanol–water partition coefficient (Wildman–Crippen LogP) is 2.36. The molecule has 0 saturated heterocycles. The van der Waals surface area contributed by atoms with E-state index in [2.05, 4.69) is 5.32 Å². The van der Waals surface area contributed by atoms with Crippen LogP contribution >= 0.6 is 0 Å². The van der Waals surface area contributed by atoms with E-state index in [1.807, 2.05) is 0 Å². The van der Waals surface area contributed by atoms with Gasteiger partial charge in [0.05, 0.1) is 18.6 Å². The number of esters is 1. The smallest absolute Gasteiger partial charge is 0.408 e. The normalized spacial score (nSPS) is 25.9. The first kappa shape index (κ1) is 16.5. The van der Waals surface area contributed by atoms with Gasteiger partial charge < -0.3 is 14.8 Å². The van der Waals surface area contributed by atoms with E-state index in [-0.39, 0.29) is 6.61 Å². The zero-order chi connectivity index (χ0) is 15.3. The molecule has 0 bridgehead atoms. The third-order valence-electron chi connectivity index (χ3n) is 2.76. The van der Waals surface area contributed by atoms with Gasteiger partial charge in [-0.1, -0.05) is 12.2 Å². The molecule has 1 aliphatic carbocycles. The number of allylic oxidation sites excluding steroid dienone is 1. The molecular formula is C14H22FNO4. The van der Waals surface area contributed by atoms with Crippen LogP contribution in [0.5, 0.6) is 0 Å². The molecule has 5 nitrogen and oxygen atoms in total. The van der Waals surface area contributed by atoms with Crippen molar-refractivity contribution in [2.45, 2.75) is 51.9 Å². The first-order valence-electron chi connectivity index (χ1n) is 6.71. The zero-order valence-electron chi connectivity index (χ0n) is 12.3. The van der Waals surface area contributed by atoms with Crippen molar-refractivity contribution in [2.75, 3.05) is 6.61 Å². The van der Waals surface area contributed by atoms with Crippen LogP contribution in [0.3, 0.4) is 0 Å². The quantitative estimate of drug-likeness (QED) is 0.639. The molecule has 0 aromatic heterocycles. The Morgan fingerprint density at radius 3 is 2.60 bits per heavy atom. The molecule has 3 atom stereocenters. The number of rotatable bonds is 3. The molecule has 20 heavy (non-hydrogen) atoms. The van der Waals surface area contributed by atoms with E-state index < -0.39 is 35.8 Å². The second kappa shape index (κ2) is 6.72. The monoisotopic (exact) mass is 287 g/mol. The number of carbonyl (C=O) groups excluding carboxylic acids is 2. The summed E-state index contributed by atoms with van der Waals surface area (Å²) in [7, 11) is 0. The van der Waals surface area contributed by atoms with Crippen LogP contribution in [0.25, 0.3) is 0 Å². The maximum Gasteiger partial charge on any atom is 0.408 e. The Bertz CT molecular complexity index is 389. The van der Waals surface area contributed by atoms with Crippen LogP contribution in [0.2, 0.25) is 0 Å². The fraction of sp³-hybridized carbons (Fsp3) is 0.714. The molecule has 0 radical (unpaired) electrons. The van der Waals surface area contributed by atoms with Gasteiger partial charge in [0.25, 0.3) is 0 Å². The third kappa shape index (κ3) is 4.83. The number of hydrogen-bond acceptors (Lipinski definition) is 4. The molecule has 0 aromatic carbocycles. The van der Waals surface area contributed by atoms with Gasteiger partial charge in [-0.25, -0.2) is 9.18 Å². The molecule has 0 heterocycles. The Morgan fingerprint density at radius 1 is 1.40 bits per heavy atom. The van der Waals surface area contributed by atoms with Crippen LogP contribution in [0.4, 0.5) is 9.18 Å². The van der Waals surface area contributed by atoms with Gasteiger partial charge >= 0.3 is 12.1 Å². The van der Waals surface area contributed by atoms with Crippen molar-refractivity contribution in [3.63, 3.8) is 0 Å². The van der Waals surface area contributed by atoms with Crippen molar-refractivity contribution in [3.8, 4) is 0 Å². The molecule has 114 valence electrons. The van der Waals surface area contributed by atoms with E-state index in [0.29, 0.717) is 6.42 Å². The number of nitrogens with one attached hydrogen (secondary N) is 1. The first-order chi connectivity index (χ1) is 9.24. The van der Waals surface area contributed by atoms with Crippen molar-refractivity contribution in [1.29, 1.82) is 0 Å². The Balaban J connectivity index is 2.74. The van der Waals surface area contributed by atoms with Crippen LogP contribution < -0.4 is 5.32 Å². The second-order valence-corrected chi connectivity index (χ2v) is 5.64. The highest BCUT2D eigenvalue weighted by molar-refractivity contribution is 5.76. The van der Waals surface area contributed by atoms with Crippen LogP contribution in [-0.4, -0.2) is 36.5 Å². The summed E-state index contributed by atoms with van der Waals surface area (Å²) in [5, 5.41) is 2.43. The number of hydrogen-bond donors (Lipinski definition) is 1. The molecule has 0 saturated carbocycles. The SMILES string of the molecule is CCOC(=O)[C@H]1CC=C[C@H](F)[C@@H]1NC(=O)OC(C)(C)C. The minimum atomic E-state index is -1.44. The van der Waals surface area contributed by atoms with E-state index >= 15 is 0 Å². The van der Waals surface area contributed by atoms with Gasteiger partial charge in [-0.3, -0.25) is 4.79 Å². The van der Waals surface area contributed by atoms with E-state index in [9.17, 15) is 14.0 Å². The van der Waals surface area contributed by atoms with Gasteiger partial charge in [0, 0.05) is 0 Å². The van der Waals surface area contributed by atoms with Gasteiger partial charge in [-0.05, 0) is 34.1 Å². The third-order valence-corrected chi connectivity index (χ3v) is 2.76. The lowest BCUT2D eigenvalue weighted by atomic mass is 9.88. The lowest BCUT2D eigenvalue weighted by molar-refractivity contribution is -0.149. The van der Waals surface area contributed by atoms with Gasteiger partial charge in [-0.2, -0.15) is 0 Å². The Labute approximate surface area is 118 Å². The number of amides is 1. The molecule has 0 aromatic rings. The molecular weight excluding hydrogens is 265 g/mol.